The zero-order valence-electron chi connectivity index (χ0n) is 11.3. The molecule has 2 aromatic carbocycles. The predicted octanol–water partition coefficient (Wildman–Crippen LogP) is 3.19. The Morgan fingerprint density at radius 1 is 1.14 bits per heavy atom. The van der Waals surface area contributed by atoms with E-state index in [9.17, 15) is 9.50 Å². The van der Waals surface area contributed by atoms with Crippen LogP contribution < -0.4 is 0 Å². The summed E-state index contributed by atoms with van der Waals surface area (Å²) in [5.41, 5.74) is 2.62. The lowest BCUT2D eigenvalue weighted by molar-refractivity contribution is 0.282. The Kier molecular flexibility index (Phi) is 3.43. The molecule has 0 atom stereocenters. The summed E-state index contributed by atoms with van der Waals surface area (Å²) in [6.45, 7) is 0.363. The number of nitriles is 1. The zero-order chi connectivity index (χ0) is 14.8. The second-order valence-corrected chi connectivity index (χ2v) is 4.91. The number of aliphatic hydroxyl groups is 1. The molecule has 0 bridgehead atoms. The number of hydrogen-bond acceptors (Lipinski definition) is 2. The summed E-state index contributed by atoms with van der Waals surface area (Å²) in [7, 11) is 0. The van der Waals surface area contributed by atoms with Crippen LogP contribution in [0.4, 0.5) is 4.39 Å². The van der Waals surface area contributed by atoms with Crippen LogP contribution in [-0.4, -0.2) is 9.67 Å². The summed E-state index contributed by atoms with van der Waals surface area (Å²) < 4.78 is 15.9. The zero-order valence-corrected chi connectivity index (χ0v) is 11.3. The van der Waals surface area contributed by atoms with Crippen molar-refractivity contribution in [2.75, 3.05) is 0 Å². The van der Waals surface area contributed by atoms with Gasteiger partial charge in [0.15, 0.2) is 0 Å². The quantitative estimate of drug-likeness (QED) is 0.801. The van der Waals surface area contributed by atoms with Crippen LogP contribution in [0.3, 0.4) is 0 Å². The first-order valence-corrected chi connectivity index (χ1v) is 6.58. The minimum Gasteiger partial charge on any atom is -0.392 e. The summed E-state index contributed by atoms with van der Waals surface area (Å²) in [6, 6.07) is 14.1. The van der Waals surface area contributed by atoms with E-state index < -0.39 is 0 Å². The molecule has 1 aromatic heterocycles. The van der Waals surface area contributed by atoms with Gasteiger partial charge in [-0.15, -0.1) is 0 Å². The third kappa shape index (κ3) is 2.51. The number of fused-ring (bicyclic) bond motifs is 1. The SMILES string of the molecule is N#Cc1ccc(Cn2ccc3ccc(CO)cc32)c(F)c1. The number of hydrogen-bond donors (Lipinski definition) is 1. The highest BCUT2D eigenvalue weighted by molar-refractivity contribution is 5.80. The van der Waals surface area contributed by atoms with Crippen LogP contribution in [0.2, 0.25) is 0 Å². The average molecular weight is 280 g/mol. The van der Waals surface area contributed by atoms with Gasteiger partial charge in [-0.3, -0.25) is 0 Å². The molecule has 0 saturated carbocycles. The minimum absolute atomic E-state index is 0.0215. The largest absolute Gasteiger partial charge is 0.392 e. The third-order valence-corrected chi connectivity index (χ3v) is 3.54. The lowest BCUT2D eigenvalue weighted by atomic mass is 10.1. The van der Waals surface area contributed by atoms with Crippen molar-refractivity contribution >= 4 is 10.9 Å². The standard InChI is InChI=1S/C17H13FN2O/c18-16-7-12(9-19)1-4-15(16)10-20-6-5-14-3-2-13(11-21)8-17(14)20/h1-8,21H,10-11H2. The van der Waals surface area contributed by atoms with Gasteiger partial charge in [0.25, 0.3) is 0 Å². The Morgan fingerprint density at radius 3 is 2.71 bits per heavy atom. The molecule has 0 aliphatic rings. The number of aliphatic hydroxyl groups excluding tert-OH is 1. The number of aromatic nitrogens is 1. The van der Waals surface area contributed by atoms with E-state index in [0.717, 1.165) is 16.5 Å². The lowest BCUT2D eigenvalue weighted by Crippen LogP contribution is -2.01. The topological polar surface area (TPSA) is 49.0 Å². The third-order valence-electron chi connectivity index (χ3n) is 3.54. The molecule has 0 radical (unpaired) electrons. The molecule has 0 spiro atoms. The molecule has 104 valence electrons. The molecule has 21 heavy (non-hydrogen) atoms. The number of nitrogens with zero attached hydrogens (tertiary/aromatic N) is 2. The smallest absolute Gasteiger partial charge is 0.129 e. The van der Waals surface area contributed by atoms with Gasteiger partial charge in [0.05, 0.1) is 24.8 Å². The second kappa shape index (κ2) is 5.39. The van der Waals surface area contributed by atoms with Gasteiger partial charge in [-0.1, -0.05) is 18.2 Å². The average Bonchev–Trinajstić information content (AvgIpc) is 2.91. The van der Waals surface area contributed by atoms with E-state index >= 15 is 0 Å². The van der Waals surface area contributed by atoms with Crippen LogP contribution in [0.5, 0.6) is 0 Å². The molecule has 0 unspecified atom stereocenters. The molecule has 0 saturated heterocycles. The van der Waals surface area contributed by atoms with Crippen LogP contribution >= 0.6 is 0 Å². The Morgan fingerprint density at radius 2 is 2.00 bits per heavy atom. The van der Waals surface area contributed by atoms with Gasteiger partial charge in [-0.25, -0.2) is 4.39 Å². The van der Waals surface area contributed by atoms with Crippen LogP contribution in [0.25, 0.3) is 10.9 Å². The minimum atomic E-state index is -0.380. The number of benzene rings is 2. The van der Waals surface area contributed by atoms with Crippen molar-refractivity contribution in [3.05, 3.63) is 71.2 Å². The van der Waals surface area contributed by atoms with Crippen LogP contribution in [0.1, 0.15) is 16.7 Å². The first-order valence-electron chi connectivity index (χ1n) is 6.58. The van der Waals surface area contributed by atoms with E-state index in [-0.39, 0.29) is 12.4 Å². The second-order valence-electron chi connectivity index (χ2n) is 4.91. The fourth-order valence-corrected chi connectivity index (χ4v) is 2.39. The van der Waals surface area contributed by atoms with Gasteiger partial charge in [0.1, 0.15) is 5.82 Å². The molecular formula is C17H13FN2O. The molecule has 0 fully saturated rings. The summed E-state index contributed by atoms with van der Waals surface area (Å²) in [5, 5.41) is 19.0. The maximum Gasteiger partial charge on any atom is 0.129 e. The molecule has 4 heteroatoms. The van der Waals surface area contributed by atoms with Crippen molar-refractivity contribution in [2.24, 2.45) is 0 Å². The Hall–Kier alpha value is -2.64. The first-order chi connectivity index (χ1) is 10.2. The van der Waals surface area contributed by atoms with E-state index in [1.165, 1.54) is 6.07 Å². The van der Waals surface area contributed by atoms with Gasteiger partial charge < -0.3 is 9.67 Å². The summed E-state index contributed by atoms with van der Waals surface area (Å²) in [4.78, 5) is 0. The Labute approximate surface area is 121 Å². The fraction of sp³-hybridized carbons (Fsp3) is 0.118. The molecule has 3 rings (SSSR count). The van der Waals surface area contributed by atoms with E-state index in [0.29, 0.717) is 17.7 Å². The van der Waals surface area contributed by atoms with E-state index in [2.05, 4.69) is 0 Å². The monoisotopic (exact) mass is 280 g/mol. The van der Waals surface area contributed by atoms with Crippen molar-refractivity contribution in [2.45, 2.75) is 13.2 Å². The molecule has 0 aliphatic carbocycles. The molecule has 1 heterocycles. The first kappa shape index (κ1) is 13.3. The molecule has 3 nitrogen and oxygen atoms in total. The number of halogens is 1. The maximum atomic E-state index is 14.0. The highest BCUT2D eigenvalue weighted by Gasteiger charge is 2.07. The molecule has 1 N–H and O–H groups in total. The van der Waals surface area contributed by atoms with Crippen molar-refractivity contribution < 1.29 is 9.50 Å². The fourth-order valence-electron chi connectivity index (χ4n) is 2.39. The maximum absolute atomic E-state index is 14.0. The number of rotatable bonds is 3. The van der Waals surface area contributed by atoms with Gasteiger partial charge >= 0.3 is 0 Å². The van der Waals surface area contributed by atoms with Gasteiger partial charge in [0.2, 0.25) is 0 Å². The molecule has 3 aromatic rings. The Bertz CT molecular complexity index is 846. The lowest BCUT2D eigenvalue weighted by Gasteiger charge is -2.08. The van der Waals surface area contributed by atoms with Crippen LogP contribution in [0.15, 0.2) is 48.7 Å². The van der Waals surface area contributed by atoms with Crippen molar-refractivity contribution in [3.63, 3.8) is 0 Å². The predicted molar refractivity (Wildman–Crippen MR) is 78.1 cm³/mol. The normalized spacial score (nSPS) is 10.7. The van der Waals surface area contributed by atoms with Crippen LogP contribution in [0, 0.1) is 17.1 Å². The summed E-state index contributed by atoms with van der Waals surface area (Å²) in [5.74, 6) is -0.380. The van der Waals surface area contributed by atoms with E-state index in [1.807, 2.05) is 41.1 Å². The van der Waals surface area contributed by atoms with Crippen molar-refractivity contribution in [1.82, 2.24) is 4.57 Å². The van der Waals surface area contributed by atoms with Gasteiger partial charge in [0, 0.05) is 17.3 Å². The van der Waals surface area contributed by atoms with Crippen molar-refractivity contribution in [3.8, 4) is 6.07 Å². The molecule has 0 amide bonds. The summed E-state index contributed by atoms with van der Waals surface area (Å²) in [6.07, 6.45) is 1.89. The Balaban J connectivity index is 2.00. The van der Waals surface area contributed by atoms with Gasteiger partial charge in [-0.2, -0.15) is 5.26 Å². The molecule has 0 aliphatic heterocycles. The van der Waals surface area contributed by atoms with Crippen LogP contribution in [-0.2, 0) is 13.2 Å². The van der Waals surface area contributed by atoms with E-state index in [1.54, 1.807) is 12.1 Å². The van der Waals surface area contributed by atoms with Gasteiger partial charge in [-0.05, 0) is 35.2 Å². The highest BCUT2D eigenvalue weighted by Crippen LogP contribution is 2.20. The van der Waals surface area contributed by atoms with Crippen molar-refractivity contribution in [1.29, 1.82) is 5.26 Å². The van der Waals surface area contributed by atoms with E-state index in [4.69, 9.17) is 5.26 Å². The highest BCUT2D eigenvalue weighted by atomic mass is 19.1. The molecular weight excluding hydrogens is 267 g/mol. The summed E-state index contributed by atoms with van der Waals surface area (Å²) >= 11 is 0.